The van der Waals surface area contributed by atoms with Crippen LogP contribution in [0, 0.1) is 5.41 Å². The van der Waals surface area contributed by atoms with Crippen LogP contribution >= 0.6 is 7.82 Å². The number of nitrogens with zero attached hydrogens (tertiary/aromatic N) is 4. The number of hydrogen-bond acceptors (Lipinski definition) is 9. The van der Waals surface area contributed by atoms with Gasteiger partial charge in [0.15, 0.2) is 0 Å². The molecule has 0 bridgehead atoms. The van der Waals surface area contributed by atoms with Gasteiger partial charge in [-0.15, -0.1) is 0 Å². The third-order valence-corrected chi connectivity index (χ3v) is 7.79. The summed E-state index contributed by atoms with van der Waals surface area (Å²) in [7, 11) is 1.27. The molecule has 0 aliphatic rings. The fraction of sp³-hybridized carbons (Fsp3) is 0.517. The van der Waals surface area contributed by atoms with Crippen LogP contribution in [0.15, 0.2) is 53.6 Å². The lowest BCUT2D eigenvalue weighted by molar-refractivity contribution is -0.870. The maximum Gasteiger partial charge on any atom is 0.338 e. The number of rotatable bonds is 17. The average Bonchev–Trinajstić information content (AvgIpc) is 2.93. The Kier molecular flexibility index (Phi) is 13.2. The lowest BCUT2D eigenvalue weighted by atomic mass is 9.77. The lowest BCUT2D eigenvalue weighted by Gasteiger charge is -2.30. The number of azide groups is 1. The molecular formula is C29H41N4O8P. The van der Waals surface area contributed by atoms with E-state index in [0.717, 1.165) is 11.1 Å². The third kappa shape index (κ3) is 11.9. The van der Waals surface area contributed by atoms with Crippen molar-refractivity contribution in [3.05, 3.63) is 75.7 Å². The first-order chi connectivity index (χ1) is 19.7. The fourth-order valence-electron chi connectivity index (χ4n) is 3.98. The van der Waals surface area contributed by atoms with E-state index in [1.807, 2.05) is 66.2 Å². The van der Waals surface area contributed by atoms with Crippen molar-refractivity contribution in [2.24, 2.45) is 10.5 Å². The van der Waals surface area contributed by atoms with Crippen molar-refractivity contribution in [1.29, 1.82) is 0 Å². The lowest BCUT2D eigenvalue weighted by Crippen LogP contribution is -2.37. The largest absolute Gasteiger partial charge is 0.756 e. The zero-order chi connectivity index (χ0) is 31.4. The van der Waals surface area contributed by atoms with Crippen LogP contribution in [0.5, 0.6) is 0 Å². The first-order valence-corrected chi connectivity index (χ1v) is 15.1. The minimum absolute atomic E-state index is 0.00235. The highest BCUT2D eigenvalue weighted by Gasteiger charge is 2.35. The Hall–Kier alpha value is -3.24. The van der Waals surface area contributed by atoms with Gasteiger partial charge in [0.25, 0.3) is 7.82 Å². The van der Waals surface area contributed by atoms with Gasteiger partial charge in [-0.25, -0.2) is 4.79 Å². The Balaban J connectivity index is 1.83. The van der Waals surface area contributed by atoms with Gasteiger partial charge in [-0.1, -0.05) is 55.4 Å². The Morgan fingerprint density at radius 1 is 1.02 bits per heavy atom. The van der Waals surface area contributed by atoms with E-state index in [9.17, 15) is 19.0 Å². The fourth-order valence-corrected chi connectivity index (χ4v) is 4.66. The van der Waals surface area contributed by atoms with Gasteiger partial charge < -0.3 is 27.9 Å². The molecule has 3 atom stereocenters. The van der Waals surface area contributed by atoms with Gasteiger partial charge in [0.1, 0.15) is 26.4 Å². The minimum atomic E-state index is -4.48. The molecule has 0 saturated carbocycles. The number of quaternary nitrogens is 1. The van der Waals surface area contributed by atoms with Gasteiger partial charge in [0.05, 0.1) is 38.7 Å². The molecule has 12 nitrogen and oxygen atoms in total. The van der Waals surface area contributed by atoms with E-state index in [0.29, 0.717) is 35.1 Å². The molecule has 0 aliphatic heterocycles. The van der Waals surface area contributed by atoms with Crippen LogP contribution in [0.1, 0.15) is 61.0 Å². The maximum absolute atomic E-state index is 12.9. The molecule has 0 N–H and O–H groups in total. The number of esters is 2. The Morgan fingerprint density at radius 2 is 1.64 bits per heavy atom. The number of carbonyl (C=O) groups excluding carboxylic acids is 2. The van der Waals surface area contributed by atoms with E-state index in [4.69, 9.17) is 24.1 Å². The Bertz CT molecular complexity index is 1270. The number of likely N-dealkylation sites (N-methyl/N-ethyl adjacent to an activating group) is 1. The molecule has 0 amide bonds. The molecule has 0 saturated heterocycles. The smallest absolute Gasteiger partial charge is 0.338 e. The zero-order valence-corrected chi connectivity index (χ0v) is 26.0. The average molecular weight is 605 g/mol. The highest BCUT2D eigenvalue weighted by Crippen LogP contribution is 2.38. The molecule has 0 radical (unpaired) electrons. The second kappa shape index (κ2) is 15.8. The normalized spacial score (nSPS) is 15.0. The quantitative estimate of drug-likeness (QED) is 0.0426. The summed E-state index contributed by atoms with van der Waals surface area (Å²) < 4.78 is 32.9. The van der Waals surface area contributed by atoms with E-state index < -0.39 is 25.2 Å². The van der Waals surface area contributed by atoms with Crippen molar-refractivity contribution < 1.29 is 42.1 Å². The van der Waals surface area contributed by atoms with E-state index in [1.54, 1.807) is 0 Å². The molecule has 2 rings (SSSR count). The van der Waals surface area contributed by atoms with Crippen LogP contribution in [0.2, 0.25) is 0 Å². The monoisotopic (exact) mass is 604 g/mol. The summed E-state index contributed by atoms with van der Waals surface area (Å²) in [6.45, 7) is 5.79. The minimum Gasteiger partial charge on any atom is -0.756 e. The molecule has 0 aromatic heterocycles. The van der Waals surface area contributed by atoms with Crippen LogP contribution in [0.25, 0.3) is 10.4 Å². The number of ether oxygens (including phenoxy) is 2. The van der Waals surface area contributed by atoms with Crippen molar-refractivity contribution in [3.8, 4) is 0 Å². The highest BCUT2D eigenvalue weighted by atomic mass is 31.2. The SMILES string of the molecule is CCC(C)(CC(C)c1ccc(COC(=O)c2ccc(N=[N+]=[N-])cc2)cc1)C(=O)OCCOP(=O)([O-])OCC[N+](C)(C)C. The predicted octanol–water partition coefficient (Wildman–Crippen LogP) is 5.65. The van der Waals surface area contributed by atoms with Gasteiger partial charge in [-0.05, 0) is 54.5 Å². The van der Waals surface area contributed by atoms with Crippen LogP contribution in [0.4, 0.5) is 5.69 Å². The highest BCUT2D eigenvalue weighted by molar-refractivity contribution is 7.45. The summed E-state index contributed by atoms with van der Waals surface area (Å²) in [5.74, 6) is -0.905. The van der Waals surface area contributed by atoms with Gasteiger partial charge in [0, 0.05) is 10.6 Å². The number of hydrogen-bond donors (Lipinski definition) is 0. The topological polar surface area (TPSA) is 160 Å². The number of carbonyl (C=O) groups is 2. The molecule has 230 valence electrons. The second-order valence-electron chi connectivity index (χ2n) is 11.3. The molecule has 2 aromatic carbocycles. The summed E-state index contributed by atoms with van der Waals surface area (Å²) in [4.78, 5) is 39.8. The molecule has 0 spiro atoms. The summed E-state index contributed by atoms with van der Waals surface area (Å²) in [6, 6.07) is 13.7. The summed E-state index contributed by atoms with van der Waals surface area (Å²) in [5.41, 5.74) is 10.3. The van der Waals surface area contributed by atoms with E-state index in [-0.39, 0.29) is 32.3 Å². The van der Waals surface area contributed by atoms with Crippen molar-refractivity contribution in [1.82, 2.24) is 0 Å². The number of benzene rings is 2. The molecule has 2 aromatic rings. The van der Waals surface area contributed by atoms with Gasteiger partial charge in [0.2, 0.25) is 0 Å². The molecular weight excluding hydrogens is 563 g/mol. The third-order valence-electron chi connectivity index (χ3n) is 6.79. The van der Waals surface area contributed by atoms with E-state index in [1.165, 1.54) is 24.3 Å². The van der Waals surface area contributed by atoms with Crippen LogP contribution in [-0.4, -0.2) is 63.9 Å². The van der Waals surface area contributed by atoms with Crippen molar-refractivity contribution in [2.45, 2.75) is 46.1 Å². The first-order valence-electron chi connectivity index (χ1n) is 13.7. The number of phosphoric acid groups is 1. The number of phosphoric ester groups is 1. The van der Waals surface area contributed by atoms with Crippen molar-refractivity contribution in [2.75, 3.05) is 47.5 Å². The first kappa shape index (κ1) is 35.0. The summed E-state index contributed by atoms with van der Waals surface area (Å²) in [5, 5.41) is 3.47. The van der Waals surface area contributed by atoms with E-state index >= 15 is 0 Å². The summed E-state index contributed by atoms with van der Waals surface area (Å²) >= 11 is 0. The van der Waals surface area contributed by atoms with Crippen LogP contribution in [-0.2, 0) is 34.5 Å². The standard InChI is InChI=1S/C29H41N4O8P/c1-7-29(3,28(35)38-18-19-41-42(36,37)40-17-16-33(4,5)6)20-22(2)24-10-8-23(9-11-24)21-39-27(34)25-12-14-26(15-13-25)31-32-30/h8-15,22H,7,16-21H2,1-6H3. The van der Waals surface area contributed by atoms with Crippen LogP contribution < -0.4 is 4.89 Å². The molecule has 0 heterocycles. The molecule has 3 unspecified atom stereocenters. The van der Waals surface area contributed by atoms with E-state index in [2.05, 4.69) is 10.0 Å². The summed E-state index contributed by atoms with van der Waals surface area (Å²) in [6.07, 6.45) is 1.04. The van der Waals surface area contributed by atoms with Gasteiger partial charge in [-0.3, -0.25) is 9.36 Å². The Labute approximate surface area is 247 Å². The van der Waals surface area contributed by atoms with Crippen molar-refractivity contribution in [3.63, 3.8) is 0 Å². The maximum atomic E-state index is 12.9. The van der Waals surface area contributed by atoms with Crippen molar-refractivity contribution >= 4 is 25.4 Å². The van der Waals surface area contributed by atoms with Crippen LogP contribution in [0.3, 0.4) is 0 Å². The predicted molar refractivity (Wildman–Crippen MR) is 156 cm³/mol. The Morgan fingerprint density at radius 3 is 2.21 bits per heavy atom. The molecule has 0 fully saturated rings. The molecule has 0 aliphatic carbocycles. The van der Waals surface area contributed by atoms with Gasteiger partial charge in [-0.2, -0.15) is 0 Å². The van der Waals surface area contributed by atoms with Gasteiger partial charge >= 0.3 is 11.9 Å². The molecule has 13 heteroatoms. The zero-order valence-electron chi connectivity index (χ0n) is 25.1. The molecule has 42 heavy (non-hydrogen) atoms. The second-order valence-corrected chi connectivity index (χ2v) is 12.7.